The highest BCUT2D eigenvalue weighted by atomic mass is 35.5. The summed E-state index contributed by atoms with van der Waals surface area (Å²) in [5, 5.41) is 12.3. The smallest absolute Gasteiger partial charge is 0.0976 e. The first-order valence-corrected chi connectivity index (χ1v) is 7.81. The second-order valence-corrected chi connectivity index (χ2v) is 6.75. The molecule has 0 fully saturated rings. The fourth-order valence-electron chi connectivity index (χ4n) is 2.35. The Kier molecular flexibility index (Phi) is 3.81. The van der Waals surface area contributed by atoms with Crippen molar-refractivity contribution in [2.75, 3.05) is 0 Å². The minimum Gasteiger partial charge on any atom is -0.387 e. The summed E-state index contributed by atoms with van der Waals surface area (Å²) in [5.41, 5.74) is 1.89. The topological polar surface area (TPSA) is 33.1 Å². The van der Waals surface area contributed by atoms with Crippen LogP contribution in [0.5, 0.6) is 0 Å². The van der Waals surface area contributed by atoms with Crippen LogP contribution in [0.4, 0.5) is 0 Å². The number of aryl methyl sites for hydroxylation is 1. The summed E-state index contributed by atoms with van der Waals surface area (Å²) >= 11 is 13.8. The highest BCUT2D eigenvalue weighted by Gasteiger charge is 2.22. The van der Waals surface area contributed by atoms with E-state index in [9.17, 15) is 5.11 Å². The average molecular weight is 314 g/mol. The van der Waals surface area contributed by atoms with Crippen LogP contribution in [0.25, 0.3) is 0 Å². The van der Waals surface area contributed by atoms with E-state index in [-0.39, 0.29) is 0 Å². The lowest BCUT2D eigenvalue weighted by atomic mass is 10.0. The zero-order valence-corrected chi connectivity index (χ0v) is 12.5. The zero-order chi connectivity index (χ0) is 13.4. The number of aromatic nitrogens is 1. The van der Waals surface area contributed by atoms with Crippen molar-refractivity contribution < 1.29 is 5.11 Å². The van der Waals surface area contributed by atoms with Gasteiger partial charge in [-0.2, -0.15) is 0 Å². The van der Waals surface area contributed by atoms with E-state index in [1.165, 1.54) is 4.88 Å². The molecule has 1 atom stereocenters. The molecule has 5 heteroatoms. The van der Waals surface area contributed by atoms with Gasteiger partial charge in [-0.15, -0.1) is 11.3 Å². The molecule has 0 spiro atoms. The Bertz CT molecular complexity index is 611. The molecule has 0 aliphatic heterocycles. The second kappa shape index (κ2) is 5.41. The van der Waals surface area contributed by atoms with Crippen LogP contribution in [0, 0.1) is 0 Å². The summed E-state index contributed by atoms with van der Waals surface area (Å²) in [5.74, 6) is 0. The molecule has 3 rings (SSSR count). The predicted octanol–water partition coefficient (Wildman–Crippen LogP) is 4.41. The summed E-state index contributed by atoms with van der Waals surface area (Å²) < 4.78 is 0. The van der Waals surface area contributed by atoms with Gasteiger partial charge >= 0.3 is 0 Å². The van der Waals surface area contributed by atoms with E-state index in [4.69, 9.17) is 23.2 Å². The lowest BCUT2D eigenvalue weighted by Gasteiger charge is -2.14. The van der Waals surface area contributed by atoms with E-state index in [0.717, 1.165) is 35.5 Å². The molecule has 1 aromatic heterocycles. The molecule has 2 nitrogen and oxygen atoms in total. The molecule has 1 heterocycles. The molecule has 1 unspecified atom stereocenters. The van der Waals surface area contributed by atoms with Crippen molar-refractivity contribution in [2.45, 2.75) is 31.8 Å². The second-order valence-electron chi connectivity index (χ2n) is 4.74. The number of rotatable bonds is 2. The standard InChI is InChI=1S/C14H13Cl2NOS/c15-9-5-4-8(10(16)7-9)6-13-17-14-11(18)2-1-3-12(14)19-13/h4-5,7,11,18H,1-3,6H2. The zero-order valence-electron chi connectivity index (χ0n) is 10.2. The highest BCUT2D eigenvalue weighted by molar-refractivity contribution is 7.11. The Hall–Kier alpha value is -0.610. The third-order valence-electron chi connectivity index (χ3n) is 3.33. The molecule has 0 bridgehead atoms. The van der Waals surface area contributed by atoms with Crippen LogP contribution < -0.4 is 0 Å². The van der Waals surface area contributed by atoms with Crippen LogP contribution in [0.3, 0.4) is 0 Å². The van der Waals surface area contributed by atoms with Crippen LogP contribution in [0.1, 0.15) is 40.1 Å². The van der Waals surface area contributed by atoms with E-state index in [0.29, 0.717) is 16.5 Å². The number of hydrogen-bond acceptors (Lipinski definition) is 3. The fraction of sp³-hybridized carbons (Fsp3) is 0.357. The average Bonchev–Trinajstić information content (AvgIpc) is 2.77. The lowest BCUT2D eigenvalue weighted by molar-refractivity contribution is 0.153. The largest absolute Gasteiger partial charge is 0.387 e. The molecule has 0 amide bonds. The first-order valence-electron chi connectivity index (χ1n) is 6.24. The van der Waals surface area contributed by atoms with Crippen molar-refractivity contribution >= 4 is 34.5 Å². The number of hydrogen-bond donors (Lipinski definition) is 1. The van der Waals surface area contributed by atoms with Gasteiger partial charge in [0.15, 0.2) is 0 Å². The number of aliphatic hydroxyl groups excluding tert-OH is 1. The van der Waals surface area contributed by atoms with E-state index < -0.39 is 6.10 Å². The fourth-order valence-corrected chi connectivity index (χ4v) is 4.01. The molecular formula is C14H13Cl2NOS. The Morgan fingerprint density at radius 3 is 2.95 bits per heavy atom. The molecule has 100 valence electrons. The van der Waals surface area contributed by atoms with Crippen molar-refractivity contribution in [2.24, 2.45) is 0 Å². The number of benzene rings is 1. The summed E-state index contributed by atoms with van der Waals surface area (Å²) in [6, 6.07) is 5.52. The van der Waals surface area contributed by atoms with Crippen LogP contribution >= 0.6 is 34.5 Å². The monoisotopic (exact) mass is 313 g/mol. The van der Waals surface area contributed by atoms with E-state index in [2.05, 4.69) is 4.98 Å². The maximum atomic E-state index is 9.93. The van der Waals surface area contributed by atoms with Crippen molar-refractivity contribution in [3.8, 4) is 0 Å². The van der Waals surface area contributed by atoms with Gasteiger partial charge in [0.1, 0.15) is 0 Å². The molecular weight excluding hydrogens is 301 g/mol. The molecule has 1 aliphatic carbocycles. The highest BCUT2D eigenvalue weighted by Crippen LogP contribution is 2.34. The van der Waals surface area contributed by atoms with Gasteiger partial charge in [-0.25, -0.2) is 4.98 Å². The first kappa shape index (κ1) is 13.4. The van der Waals surface area contributed by atoms with E-state index in [1.54, 1.807) is 17.4 Å². The van der Waals surface area contributed by atoms with Crippen molar-refractivity contribution in [3.63, 3.8) is 0 Å². The van der Waals surface area contributed by atoms with Gasteiger partial charge in [-0.1, -0.05) is 29.3 Å². The Morgan fingerprint density at radius 1 is 1.37 bits per heavy atom. The molecule has 0 radical (unpaired) electrons. The first-order chi connectivity index (χ1) is 9.13. The van der Waals surface area contributed by atoms with E-state index >= 15 is 0 Å². The number of nitrogens with zero attached hydrogens (tertiary/aromatic N) is 1. The Labute approximate surface area is 126 Å². The van der Waals surface area contributed by atoms with Gasteiger partial charge in [0.2, 0.25) is 0 Å². The van der Waals surface area contributed by atoms with Gasteiger partial charge in [-0.05, 0) is 37.0 Å². The summed E-state index contributed by atoms with van der Waals surface area (Å²) in [7, 11) is 0. The molecule has 0 saturated carbocycles. The Balaban J connectivity index is 1.87. The summed E-state index contributed by atoms with van der Waals surface area (Å²) in [4.78, 5) is 5.79. The lowest BCUT2D eigenvalue weighted by Crippen LogP contribution is -2.07. The van der Waals surface area contributed by atoms with Gasteiger partial charge in [-0.3, -0.25) is 0 Å². The van der Waals surface area contributed by atoms with Gasteiger partial charge < -0.3 is 5.11 Å². The minimum atomic E-state index is -0.394. The predicted molar refractivity (Wildman–Crippen MR) is 79.3 cm³/mol. The maximum absolute atomic E-state index is 9.93. The molecule has 1 N–H and O–H groups in total. The van der Waals surface area contributed by atoms with Crippen molar-refractivity contribution in [1.29, 1.82) is 0 Å². The van der Waals surface area contributed by atoms with Gasteiger partial charge in [0, 0.05) is 21.3 Å². The van der Waals surface area contributed by atoms with Crippen LogP contribution in [0.15, 0.2) is 18.2 Å². The van der Waals surface area contributed by atoms with Crippen molar-refractivity contribution in [1.82, 2.24) is 4.98 Å². The van der Waals surface area contributed by atoms with Gasteiger partial charge in [0.25, 0.3) is 0 Å². The van der Waals surface area contributed by atoms with E-state index in [1.807, 2.05) is 12.1 Å². The number of aliphatic hydroxyl groups is 1. The quantitative estimate of drug-likeness (QED) is 0.890. The van der Waals surface area contributed by atoms with Crippen LogP contribution in [-0.4, -0.2) is 10.1 Å². The third-order valence-corrected chi connectivity index (χ3v) is 5.04. The summed E-state index contributed by atoms with van der Waals surface area (Å²) in [6.07, 6.45) is 3.18. The molecule has 2 aromatic rings. The normalized spacial score (nSPS) is 18.4. The molecule has 1 aliphatic rings. The number of thiazole rings is 1. The molecule has 19 heavy (non-hydrogen) atoms. The number of fused-ring (bicyclic) bond motifs is 1. The minimum absolute atomic E-state index is 0.394. The van der Waals surface area contributed by atoms with Gasteiger partial charge in [0.05, 0.1) is 16.8 Å². The third kappa shape index (κ3) is 2.79. The van der Waals surface area contributed by atoms with Crippen molar-refractivity contribution in [3.05, 3.63) is 49.4 Å². The Morgan fingerprint density at radius 2 is 2.21 bits per heavy atom. The number of halogens is 2. The summed E-state index contributed by atoms with van der Waals surface area (Å²) in [6.45, 7) is 0. The van der Waals surface area contributed by atoms with Crippen LogP contribution in [-0.2, 0) is 12.8 Å². The SMILES string of the molecule is OC1CCCc2sc(Cc3ccc(Cl)cc3Cl)nc21. The molecule has 0 saturated heterocycles. The maximum Gasteiger partial charge on any atom is 0.0976 e. The molecule has 1 aromatic carbocycles. The van der Waals surface area contributed by atoms with Crippen LogP contribution in [0.2, 0.25) is 10.0 Å².